The van der Waals surface area contributed by atoms with Gasteiger partial charge >= 0.3 is 6.18 Å². The van der Waals surface area contributed by atoms with E-state index in [1.807, 2.05) is 0 Å². The Morgan fingerprint density at radius 1 is 1.15 bits per heavy atom. The SMILES string of the molecule is O=S(=O)(NCc1ccnc(N2CCCC2)c1)c1cc(C(F)(F)F)ccc1Cl. The van der Waals surface area contributed by atoms with E-state index >= 15 is 0 Å². The molecule has 0 bridgehead atoms. The number of pyridine rings is 1. The zero-order chi connectivity index (χ0) is 19.7. The predicted molar refractivity (Wildman–Crippen MR) is 96.2 cm³/mol. The van der Waals surface area contributed by atoms with Crippen molar-refractivity contribution in [2.75, 3.05) is 18.0 Å². The van der Waals surface area contributed by atoms with Crippen LogP contribution in [0, 0.1) is 0 Å². The maximum Gasteiger partial charge on any atom is 0.416 e. The standard InChI is InChI=1S/C17H17ClF3N3O2S/c18-14-4-3-13(17(19,20)21)10-15(14)27(25,26)23-11-12-5-6-22-16(9-12)24-7-1-2-8-24/h3-6,9-10,23H,1-2,7-8,11H2. The minimum atomic E-state index is -4.66. The fraction of sp³-hybridized carbons (Fsp3) is 0.353. The third kappa shape index (κ3) is 4.72. The molecule has 0 unspecified atom stereocenters. The minimum absolute atomic E-state index is 0.0851. The molecule has 10 heteroatoms. The van der Waals surface area contributed by atoms with Crippen molar-refractivity contribution in [1.29, 1.82) is 0 Å². The van der Waals surface area contributed by atoms with Crippen LogP contribution in [-0.2, 0) is 22.7 Å². The first-order valence-electron chi connectivity index (χ1n) is 8.23. The largest absolute Gasteiger partial charge is 0.416 e. The maximum absolute atomic E-state index is 12.9. The third-order valence-corrected chi connectivity index (χ3v) is 6.14. The molecular formula is C17H17ClF3N3O2S. The Kier molecular flexibility index (Phi) is 5.64. The Balaban J connectivity index is 1.79. The molecule has 2 heterocycles. The summed E-state index contributed by atoms with van der Waals surface area (Å²) in [6.07, 6.45) is -0.932. The number of benzene rings is 1. The van der Waals surface area contributed by atoms with Gasteiger partial charge in [-0.05, 0) is 48.7 Å². The van der Waals surface area contributed by atoms with E-state index in [0.717, 1.165) is 43.9 Å². The van der Waals surface area contributed by atoms with Crippen LogP contribution in [0.4, 0.5) is 19.0 Å². The molecule has 0 aliphatic carbocycles. The summed E-state index contributed by atoms with van der Waals surface area (Å²) in [6.45, 7) is 1.70. The Labute approximate surface area is 160 Å². The van der Waals surface area contributed by atoms with Gasteiger partial charge in [-0.25, -0.2) is 18.1 Å². The lowest BCUT2D eigenvalue weighted by molar-refractivity contribution is -0.137. The second-order valence-corrected chi connectivity index (χ2v) is 8.33. The van der Waals surface area contributed by atoms with E-state index in [0.29, 0.717) is 11.6 Å². The fourth-order valence-electron chi connectivity index (χ4n) is 2.83. The number of alkyl halides is 3. The maximum atomic E-state index is 12.9. The van der Waals surface area contributed by atoms with Crippen molar-refractivity contribution in [2.45, 2.75) is 30.5 Å². The van der Waals surface area contributed by atoms with Crippen LogP contribution in [0.15, 0.2) is 41.4 Å². The molecule has 1 fully saturated rings. The Morgan fingerprint density at radius 3 is 2.52 bits per heavy atom. The number of nitrogens with zero attached hydrogens (tertiary/aromatic N) is 2. The molecule has 27 heavy (non-hydrogen) atoms. The molecule has 0 radical (unpaired) electrons. The first-order valence-corrected chi connectivity index (χ1v) is 10.1. The minimum Gasteiger partial charge on any atom is -0.357 e. The van der Waals surface area contributed by atoms with Crippen molar-refractivity contribution in [3.05, 3.63) is 52.7 Å². The number of sulfonamides is 1. The van der Waals surface area contributed by atoms with Crippen LogP contribution in [0.1, 0.15) is 24.0 Å². The summed E-state index contributed by atoms with van der Waals surface area (Å²) in [4.78, 5) is 5.77. The number of nitrogens with one attached hydrogen (secondary N) is 1. The van der Waals surface area contributed by atoms with E-state index in [-0.39, 0.29) is 11.6 Å². The average molecular weight is 420 g/mol. The lowest BCUT2D eigenvalue weighted by Crippen LogP contribution is -2.24. The molecular weight excluding hydrogens is 403 g/mol. The number of aromatic nitrogens is 1. The second-order valence-electron chi connectivity index (χ2n) is 6.18. The molecule has 0 atom stereocenters. The van der Waals surface area contributed by atoms with Gasteiger partial charge in [0.2, 0.25) is 10.0 Å². The smallest absolute Gasteiger partial charge is 0.357 e. The zero-order valence-corrected chi connectivity index (χ0v) is 15.7. The van der Waals surface area contributed by atoms with Crippen molar-refractivity contribution >= 4 is 27.4 Å². The molecule has 0 amide bonds. The van der Waals surface area contributed by atoms with Crippen LogP contribution >= 0.6 is 11.6 Å². The van der Waals surface area contributed by atoms with Gasteiger partial charge in [-0.3, -0.25) is 0 Å². The van der Waals surface area contributed by atoms with Crippen molar-refractivity contribution in [1.82, 2.24) is 9.71 Å². The summed E-state index contributed by atoms with van der Waals surface area (Å²) < 4.78 is 65.8. The van der Waals surface area contributed by atoms with Crippen molar-refractivity contribution in [3.63, 3.8) is 0 Å². The summed E-state index contributed by atoms with van der Waals surface area (Å²) in [6, 6.07) is 5.62. The molecule has 1 N–H and O–H groups in total. The summed E-state index contributed by atoms with van der Waals surface area (Å²) in [7, 11) is -4.22. The van der Waals surface area contributed by atoms with Gasteiger partial charge < -0.3 is 4.90 Å². The van der Waals surface area contributed by atoms with E-state index in [1.54, 1.807) is 18.3 Å². The third-order valence-electron chi connectivity index (χ3n) is 4.25. The van der Waals surface area contributed by atoms with E-state index in [2.05, 4.69) is 14.6 Å². The van der Waals surface area contributed by atoms with Crippen molar-refractivity contribution in [2.24, 2.45) is 0 Å². The molecule has 146 valence electrons. The quantitative estimate of drug-likeness (QED) is 0.800. The van der Waals surface area contributed by atoms with Gasteiger partial charge in [0, 0.05) is 25.8 Å². The second kappa shape index (κ2) is 7.65. The first-order chi connectivity index (χ1) is 12.7. The monoisotopic (exact) mass is 419 g/mol. The molecule has 0 saturated carbocycles. The van der Waals surface area contributed by atoms with E-state index in [4.69, 9.17) is 11.6 Å². The highest BCUT2D eigenvalue weighted by Crippen LogP contribution is 2.33. The summed E-state index contributed by atoms with van der Waals surface area (Å²) in [5.74, 6) is 0.751. The normalized spacial score (nSPS) is 15.3. The van der Waals surface area contributed by atoms with E-state index in [1.165, 1.54) is 0 Å². The zero-order valence-electron chi connectivity index (χ0n) is 14.1. The van der Waals surface area contributed by atoms with Gasteiger partial charge in [-0.2, -0.15) is 13.2 Å². The van der Waals surface area contributed by atoms with Crippen LogP contribution in [0.2, 0.25) is 5.02 Å². The number of halogens is 4. The summed E-state index contributed by atoms with van der Waals surface area (Å²) >= 11 is 5.82. The molecule has 3 rings (SSSR count). The summed E-state index contributed by atoms with van der Waals surface area (Å²) in [5, 5.41) is -0.275. The molecule has 5 nitrogen and oxygen atoms in total. The molecule has 1 aromatic heterocycles. The van der Waals surface area contributed by atoms with Crippen LogP contribution in [0.3, 0.4) is 0 Å². The highest BCUT2D eigenvalue weighted by molar-refractivity contribution is 7.89. The Bertz CT molecular complexity index is 929. The molecule has 1 aliphatic heterocycles. The van der Waals surface area contributed by atoms with E-state index < -0.39 is 26.7 Å². The highest BCUT2D eigenvalue weighted by Gasteiger charge is 2.32. The Morgan fingerprint density at radius 2 is 1.85 bits per heavy atom. The van der Waals surface area contributed by atoms with Crippen molar-refractivity contribution < 1.29 is 21.6 Å². The van der Waals surface area contributed by atoms with Crippen LogP contribution in [0.5, 0.6) is 0 Å². The summed E-state index contributed by atoms with van der Waals surface area (Å²) in [5.41, 5.74) is -0.425. The first kappa shape index (κ1) is 19.9. The average Bonchev–Trinajstić information content (AvgIpc) is 3.14. The van der Waals surface area contributed by atoms with Gasteiger partial charge in [-0.1, -0.05) is 11.6 Å². The van der Waals surface area contributed by atoms with Crippen molar-refractivity contribution in [3.8, 4) is 0 Å². The molecule has 0 spiro atoms. The molecule has 1 aromatic carbocycles. The topological polar surface area (TPSA) is 62.3 Å². The van der Waals surface area contributed by atoms with Gasteiger partial charge in [0.25, 0.3) is 0 Å². The predicted octanol–water partition coefficient (Wildman–Crippen LogP) is 3.83. The molecule has 1 aliphatic rings. The van der Waals surface area contributed by atoms with Crippen LogP contribution < -0.4 is 9.62 Å². The molecule has 2 aromatic rings. The van der Waals surface area contributed by atoms with Gasteiger partial charge in [-0.15, -0.1) is 0 Å². The van der Waals surface area contributed by atoms with Crippen LogP contribution in [0.25, 0.3) is 0 Å². The van der Waals surface area contributed by atoms with Gasteiger partial charge in [0.05, 0.1) is 10.6 Å². The van der Waals surface area contributed by atoms with Gasteiger partial charge in [0.15, 0.2) is 0 Å². The number of hydrogen-bond acceptors (Lipinski definition) is 4. The number of rotatable bonds is 5. The molecule has 1 saturated heterocycles. The lowest BCUT2D eigenvalue weighted by atomic mass is 10.2. The number of anilines is 1. The fourth-order valence-corrected chi connectivity index (χ4v) is 4.37. The van der Waals surface area contributed by atoms with Crippen LogP contribution in [-0.4, -0.2) is 26.5 Å². The lowest BCUT2D eigenvalue weighted by Gasteiger charge is -2.17. The van der Waals surface area contributed by atoms with Gasteiger partial charge in [0.1, 0.15) is 10.7 Å². The van der Waals surface area contributed by atoms with E-state index in [9.17, 15) is 21.6 Å². The Hall–Kier alpha value is -1.84. The number of hydrogen-bond donors (Lipinski definition) is 1. The highest BCUT2D eigenvalue weighted by atomic mass is 35.5.